The van der Waals surface area contributed by atoms with E-state index in [1.165, 1.54) is 23.3 Å². The molecule has 1 atom stereocenters. The summed E-state index contributed by atoms with van der Waals surface area (Å²) < 4.78 is 5.60. The highest BCUT2D eigenvalue weighted by Gasteiger charge is 2.15. The van der Waals surface area contributed by atoms with Crippen LogP contribution in [0.25, 0.3) is 0 Å². The van der Waals surface area contributed by atoms with Crippen molar-refractivity contribution in [2.24, 2.45) is 0 Å². The normalized spacial score (nSPS) is 17.2. The Labute approximate surface area is 144 Å². The summed E-state index contributed by atoms with van der Waals surface area (Å²) in [6.45, 7) is 4.47. The highest BCUT2D eigenvalue weighted by Crippen LogP contribution is 2.18. The summed E-state index contributed by atoms with van der Waals surface area (Å²) in [6, 6.07) is 8.49. The number of ether oxygens (including phenoxy) is 1. The fourth-order valence-corrected chi connectivity index (χ4v) is 3.39. The van der Waals surface area contributed by atoms with Gasteiger partial charge in [-0.3, -0.25) is 0 Å². The molecule has 23 heavy (non-hydrogen) atoms. The molecule has 1 aromatic carbocycles. The largest absolute Gasteiger partial charge is 0.378 e. The minimum atomic E-state index is 0.0156. The van der Waals surface area contributed by atoms with Gasteiger partial charge in [0.2, 0.25) is 0 Å². The van der Waals surface area contributed by atoms with Crippen LogP contribution in [0.4, 0.5) is 4.79 Å². The van der Waals surface area contributed by atoms with Gasteiger partial charge in [-0.2, -0.15) is 0 Å². The van der Waals surface area contributed by atoms with E-state index in [1.807, 2.05) is 7.05 Å². The van der Waals surface area contributed by atoms with Crippen molar-refractivity contribution in [2.75, 3.05) is 32.5 Å². The van der Waals surface area contributed by atoms with E-state index in [0.29, 0.717) is 12.6 Å². The molecule has 2 amide bonds. The quantitative estimate of drug-likeness (QED) is 0.581. The Morgan fingerprint density at radius 2 is 2.17 bits per heavy atom. The molecule has 0 aliphatic carbocycles. The smallest absolute Gasteiger partial charge is 0.317 e. The van der Waals surface area contributed by atoms with E-state index in [1.54, 1.807) is 16.7 Å². The van der Waals surface area contributed by atoms with Crippen molar-refractivity contribution >= 4 is 17.8 Å². The van der Waals surface area contributed by atoms with Crippen LogP contribution in [0.5, 0.6) is 0 Å². The third-order valence-corrected chi connectivity index (χ3v) is 5.07. The van der Waals surface area contributed by atoms with Gasteiger partial charge in [-0.15, -0.1) is 11.8 Å². The Kier molecular flexibility index (Phi) is 7.76. The molecule has 0 saturated carbocycles. The minimum absolute atomic E-state index is 0.0156. The molecule has 1 unspecified atom stereocenters. The predicted molar refractivity (Wildman–Crippen MR) is 96.1 cm³/mol. The third-order valence-electron chi connectivity index (χ3n) is 4.06. The van der Waals surface area contributed by atoms with Gasteiger partial charge < -0.3 is 15.0 Å². The van der Waals surface area contributed by atoms with Gasteiger partial charge >= 0.3 is 6.03 Å². The van der Waals surface area contributed by atoms with Gasteiger partial charge in [0.1, 0.15) is 0 Å². The molecule has 0 spiro atoms. The average molecular weight is 337 g/mol. The van der Waals surface area contributed by atoms with Crippen molar-refractivity contribution < 1.29 is 9.53 Å². The van der Waals surface area contributed by atoms with Gasteiger partial charge in [0.15, 0.2) is 0 Å². The van der Waals surface area contributed by atoms with Gasteiger partial charge in [0, 0.05) is 37.4 Å². The number of rotatable bonds is 8. The first kappa shape index (κ1) is 18.1. The van der Waals surface area contributed by atoms with Crippen molar-refractivity contribution in [3.8, 4) is 0 Å². The van der Waals surface area contributed by atoms with Crippen LogP contribution >= 0.6 is 11.8 Å². The summed E-state index contributed by atoms with van der Waals surface area (Å²) in [4.78, 5) is 15.0. The Bertz CT molecular complexity index is 472. The lowest BCUT2D eigenvalue weighted by atomic mass is 10.1. The molecule has 1 saturated heterocycles. The zero-order chi connectivity index (χ0) is 16.5. The van der Waals surface area contributed by atoms with Gasteiger partial charge in [0.25, 0.3) is 0 Å². The third kappa shape index (κ3) is 6.83. The summed E-state index contributed by atoms with van der Waals surface area (Å²) in [6.07, 6.45) is 4.83. The lowest BCUT2D eigenvalue weighted by Crippen LogP contribution is -2.38. The molecule has 0 bridgehead atoms. The molecule has 4 nitrogen and oxygen atoms in total. The molecule has 1 N–H and O–H groups in total. The number of amides is 2. The van der Waals surface area contributed by atoms with Crippen LogP contribution in [-0.4, -0.2) is 49.5 Å². The van der Waals surface area contributed by atoms with Crippen LogP contribution in [0, 0.1) is 6.92 Å². The second-order valence-electron chi connectivity index (χ2n) is 6.09. The fourth-order valence-electron chi connectivity index (χ4n) is 2.63. The SMILES string of the molecule is Cc1ccc(SCCNC(=O)N(C)CCCC2CCCO2)cc1. The summed E-state index contributed by atoms with van der Waals surface area (Å²) in [5, 5.41) is 2.98. The summed E-state index contributed by atoms with van der Waals surface area (Å²) >= 11 is 1.77. The molecular formula is C18H28N2O2S. The van der Waals surface area contributed by atoms with E-state index in [2.05, 4.69) is 36.5 Å². The molecule has 1 fully saturated rings. The fraction of sp³-hybridized carbons (Fsp3) is 0.611. The number of nitrogens with one attached hydrogen (secondary N) is 1. The topological polar surface area (TPSA) is 41.6 Å². The minimum Gasteiger partial charge on any atom is -0.378 e. The van der Waals surface area contributed by atoms with Gasteiger partial charge in [0.05, 0.1) is 6.10 Å². The number of carbonyl (C=O) groups excluding carboxylic acids is 1. The van der Waals surface area contributed by atoms with E-state index < -0.39 is 0 Å². The summed E-state index contributed by atoms with van der Waals surface area (Å²) in [5.74, 6) is 0.887. The number of nitrogens with zero attached hydrogens (tertiary/aromatic N) is 1. The number of benzene rings is 1. The first-order valence-electron chi connectivity index (χ1n) is 8.45. The summed E-state index contributed by atoms with van der Waals surface area (Å²) in [7, 11) is 1.86. The number of carbonyl (C=O) groups is 1. The van der Waals surface area contributed by atoms with Crippen molar-refractivity contribution in [1.29, 1.82) is 0 Å². The van der Waals surface area contributed by atoms with E-state index in [-0.39, 0.29) is 6.03 Å². The zero-order valence-electron chi connectivity index (χ0n) is 14.2. The van der Waals surface area contributed by atoms with Crippen molar-refractivity contribution in [1.82, 2.24) is 10.2 Å². The molecule has 0 aromatic heterocycles. The molecule has 5 heteroatoms. The number of hydrogen-bond donors (Lipinski definition) is 1. The molecule has 128 valence electrons. The van der Waals surface area contributed by atoms with Crippen LogP contribution in [0.3, 0.4) is 0 Å². The van der Waals surface area contributed by atoms with E-state index in [0.717, 1.165) is 31.7 Å². The maximum absolute atomic E-state index is 12.0. The second-order valence-corrected chi connectivity index (χ2v) is 7.26. The zero-order valence-corrected chi connectivity index (χ0v) is 15.0. The number of hydrogen-bond acceptors (Lipinski definition) is 3. The van der Waals surface area contributed by atoms with Crippen LogP contribution in [0.2, 0.25) is 0 Å². The maximum Gasteiger partial charge on any atom is 0.317 e. The van der Waals surface area contributed by atoms with Crippen LogP contribution < -0.4 is 5.32 Å². The van der Waals surface area contributed by atoms with Crippen molar-refractivity contribution in [2.45, 2.75) is 43.6 Å². The molecule has 1 heterocycles. The van der Waals surface area contributed by atoms with Crippen LogP contribution in [0.1, 0.15) is 31.2 Å². The highest BCUT2D eigenvalue weighted by atomic mass is 32.2. The number of thioether (sulfide) groups is 1. The molecular weight excluding hydrogens is 308 g/mol. The average Bonchev–Trinajstić information content (AvgIpc) is 3.06. The lowest BCUT2D eigenvalue weighted by molar-refractivity contribution is 0.100. The number of urea groups is 1. The second kappa shape index (κ2) is 9.83. The number of aryl methyl sites for hydroxylation is 1. The molecule has 0 radical (unpaired) electrons. The van der Waals surface area contributed by atoms with Gasteiger partial charge in [-0.1, -0.05) is 17.7 Å². The first-order valence-corrected chi connectivity index (χ1v) is 9.44. The van der Waals surface area contributed by atoms with E-state index >= 15 is 0 Å². The Balaban J connectivity index is 1.53. The van der Waals surface area contributed by atoms with Crippen molar-refractivity contribution in [3.63, 3.8) is 0 Å². The lowest BCUT2D eigenvalue weighted by Gasteiger charge is -2.18. The van der Waals surface area contributed by atoms with Crippen molar-refractivity contribution in [3.05, 3.63) is 29.8 Å². The van der Waals surface area contributed by atoms with Gasteiger partial charge in [-0.05, 0) is 44.7 Å². The Morgan fingerprint density at radius 1 is 1.39 bits per heavy atom. The maximum atomic E-state index is 12.0. The Hall–Kier alpha value is -1.20. The van der Waals surface area contributed by atoms with Crippen LogP contribution in [0.15, 0.2) is 29.2 Å². The molecule has 1 aromatic rings. The predicted octanol–water partition coefficient (Wildman–Crippen LogP) is 3.69. The molecule has 2 rings (SSSR count). The molecule has 1 aliphatic heterocycles. The highest BCUT2D eigenvalue weighted by molar-refractivity contribution is 7.99. The molecule has 1 aliphatic rings. The monoisotopic (exact) mass is 336 g/mol. The van der Waals surface area contributed by atoms with E-state index in [9.17, 15) is 4.79 Å². The van der Waals surface area contributed by atoms with Crippen LogP contribution in [-0.2, 0) is 4.74 Å². The first-order chi connectivity index (χ1) is 11.1. The van der Waals surface area contributed by atoms with Gasteiger partial charge in [-0.25, -0.2) is 4.79 Å². The van der Waals surface area contributed by atoms with E-state index in [4.69, 9.17) is 4.74 Å². The summed E-state index contributed by atoms with van der Waals surface area (Å²) in [5.41, 5.74) is 1.27. The standard InChI is InChI=1S/C18H28N2O2S/c1-15-7-9-17(10-8-15)23-14-11-19-18(21)20(2)12-3-5-16-6-4-13-22-16/h7-10,16H,3-6,11-14H2,1-2H3,(H,19,21). The Morgan fingerprint density at radius 3 is 2.87 bits per heavy atom.